The predicted octanol–water partition coefficient (Wildman–Crippen LogP) is 3.72. The van der Waals surface area contributed by atoms with Crippen molar-refractivity contribution in [3.63, 3.8) is 0 Å². The van der Waals surface area contributed by atoms with Gasteiger partial charge < -0.3 is 4.90 Å². The molecule has 0 aliphatic heterocycles. The van der Waals surface area contributed by atoms with E-state index in [0.29, 0.717) is 5.92 Å². The molecule has 1 atom stereocenters. The Labute approximate surface area is 119 Å². The third-order valence-electron chi connectivity index (χ3n) is 3.20. The molecule has 2 nitrogen and oxygen atoms in total. The van der Waals surface area contributed by atoms with Gasteiger partial charge in [0.25, 0.3) is 0 Å². The zero-order valence-corrected chi connectivity index (χ0v) is 12.9. The van der Waals surface area contributed by atoms with E-state index in [9.17, 15) is 0 Å². The maximum absolute atomic E-state index is 9.09. The van der Waals surface area contributed by atoms with E-state index in [1.165, 1.54) is 10.0 Å². The monoisotopic (exact) mass is 308 g/mol. The molecule has 0 bridgehead atoms. The number of nitriles is 1. The summed E-state index contributed by atoms with van der Waals surface area (Å²) < 4.78 is 1.17. The number of halogens is 1. The van der Waals surface area contributed by atoms with E-state index in [4.69, 9.17) is 5.26 Å². The number of likely N-dealkylation sites (N-methyl/N-ethyl adjacent to an activating group) is 1. The van der Waals surface area contributed by atoms with Crippen molar-refractivity contribution in [1.29, 1.82) is 5.26 Å². The molecule has 1 rings (SSSR count). The van der Waals surface area contributed by atoms with Crippen molar-refractivity contribution in [2.75, 3.05) is 20.1 Å². The summed E-state index contributed by atoms with van der Waals surface area (Å²) in [4.78, 5) is 2.24. The molecule has 0 heterocycles. The molecule has 0 saturated carbocycles. The van der Waals surface area contributed by atoms with Gasteiger partial charge in [-0.05, 0) is 31.0 Å². The molecule has 0 aliphatic rings. The highest BCUT2D eigenvalue weighted by molar-refractivity contribution is 9.10. The van der Waals surface area contributed by atoms with E-state index < -0.39 is 0 Å². The van der Waals surface area contributed by atoms with E-state index in [2.05, 4.69) is 66.0 Å². The van der Waals surface area contributed by atoms with E-state index in [-0.39, 0.29) is 5.92 Å². The molecule has 0 radical (unpaired) electrons. The van der Waals surface area contributed by atoms with Crippen molar-refractivity contribution in [2.45, 2.75) is 20.3 Å². The molecule has 0 fully saturated rings. The van der Waals surface area contributed by atoms with Crippen molar-refractivity contribution >= 4 is 15.9 Å². The molecule has 98 valence electrons. The normalized spacial score (nSPS) is 12.7. The molecule has 0 saturated heterocycles. The van der Waals surface area contributed by atoms with Crippen molar-refractivity contribution in [3.8, 4) is 6.07 Å². The molecular formula is C15H21BrN2. The lowest BCUT2D eigenvalue weighted by Gasteiger charge is -2.22. The van der Waals surface area contributed by atoms with Crippen LogP contribution in [0.15, 0.2) is 28.7 Å². The van der Waals surface area contributed by atoms with Crippen LogP contribution in [-0.4, -0.2) is 25.0 Å². The molecule has 0 spiro atoms. The summed E-state index contributed by atoms with van der Waals surface area (Å²) in [7, 11) is 2.09. The van der Waals surface area contributed by atoms with Gasteiger partial charge in [-0.3, -0.25) is 0 Å². The Kier molecular flexibility index (Phi) is 6.38. The average molecular weight is 309 g/mol. The first kappa shape index (κ1) is 15.2. The summed E-state index contributed by atoms with van der Waals surface area (Å²) in [6, 6.07) is 10.7. The minimum absolute atomic E-state index is 0.120. The summed E-state index contributed by atoms with van der Waals surface area (Å²) in [6.07, 6.45) is 1.01. The van der Waals surface area contributed by atoms with E-state index >= 15 is 0 Å². The Bertz CT molecular complexity index is 409. The summed E-state index contributed by atoms with van der Waals surface area (Å²) in [5.74, 6) is 0.537. The minimum atomic E-state index is 0.120. The van der Waals surface area contributed by atoms with Gasteiger partial charge in [0.2, 0.25) is 0 Å². The average Bonchev–Trinajstić information content (AvgIpc) is 2.34. The van der Waals surface area contributed by atoms with Gasteiger partial charge in [0, 0.05) is 17.6 Å². The Morgan fingerprint density at radius 3 is 2.56 bits per heavy atom. The smallest absolute Gasteiger partial charge is 0.0671 e. The second-order valence-corrected chi connectivity index (χ2v) is 5.94. The van der Waals surface area contributed by atoms with Crippen LogP contribution in [0.25, 0.3) is 0 Å². The maximum Gasteiger partial charge on any atom is 0.0671 e. The summed E-state index contributed by atoms with van der Waals surface area (Å²) in [6.45, 7) is 6.04. The topological polar surface area (TPSA) is 27.0 Å². The molecule has 1 aromatic rings. The lowest BCUT2D eigenvalue weighted by molar-refractivity contribution is 0.275. The third-order valence-corrected chi connectivity index (χ3v) is 3.97. The third kappa shape index (κ3) is 4.80. The molecular weight excluding hydrogens is 288 g/mol. The quantitative estimate of drug-likeness (QED) is 0.801. The molecule has 1 unspecified atom stereocenters. The van der Waals surface area contributed by atoms with Crippen molar-refractivity contribution in [2.24, 2.45) is 11.8 Å². The van der Waals surface area contributed by atoms with Crippen LogP contribution in [0.5, 0.6) is 0 Å². The number of nitrogens with zero attached hydrogens (tertiary/aromatic N) is 2. The van der Waals surface area contributed by atoms with Gasteiger partial charge in [-0.15, -0.1) is 0 Å². The van der Waals surface area contributed by atoms with Crippen molar-refractivity contribution in [3.05, 3.63) is 34.3 Å². The molecule has 3 heteroatoms. The first-order valence-corrected chi connectivity index (χ1v) is 7.15. The first-order chi connectivity index (χ1) is 8.54. The fourth-order valence-electron chi connectivity index (χ4n) is 1.84. The molecule has 1 aromatic carbocycles. The number of rotatable bonds is 6. The van der Waals surface area contributed by atoms with Gasteiger partial charge in [0.1, 0.15) is 0 Å². The van der Waals surface area contributed by atoms with Gasteiger partial charge in [-0.2, -0.15) is 5.26 Å². The number of benzene rings is 1. The fourth-order valence-corrected chi connectivity index (χ4v) is 2.32. The van der Waals surface area contributed by atoms with E-state index in [0.717, 1.165) is 19.5 Å². The van der Waals surface area contributed by atoms with Crippen LogP contribution >= 0.6 is 15.9 Å². The van der Waals surface area contributed by atoms with Gasteiger partial charge in [-0.1, -0.05) is 48.0 Å². The van der Waals surface area contributed by atoms with Gasteiger partial charge in [-0.25, -0.2) is 0 Å². The second kappa shape index (κ2) is 7.56. The van der Waals surface area contributed by atoms with Crippen LogP contribution in [0.4, 0.5) is 0 Å². The fraction of sp³-hybridized carbons (Fsp3) is 0.533. The van der Waals surface area contributed by atoms with Gasteiger partial charge >= 0.3 is 0 Å². The number of hydrogen-bond acceptors (Lipinski definition) is 2. The molecule has 0 aliphatic carbocycles. The Hall–Kier alpha value is -0.850. The highest BCUT2D eigenvalue weighted by Gasteiger charge is 2.14. The highest BCUT2D eigenvalue weighted by Crippen LogP contribution is 2.17. The first-order valence-electron chi connectivity index (χ1n) is 6.36. The van der Waals surface area contributed by atoms with Crippen molar-refractivity contribution in [1.82, 2.24) is 4.90 Å². The molecule has 0 aromatic heterocycles. The van der Waals surface area contributed by atoms with Crippen molar-refractivity contribution < 1.29 is 0 Å². The SMILES string of the molecule is CC(C)C(C#N)CN(C)CCc1ccccc1Br. The van der Waals surface area contributed by atoms with Gasteiger partial charge in [0.05, 0.1) is 12.0 Å². The van der Waals surface area contributed by atoms with Crippen LogP contribution in [0.2, 0.25) is 0 Å². The Morgan fingerprint density at radius 2 is 2.00 bits per heavy atom. The Balaban J connectivity index is 2.45. The van der Waals surface area contributed by atoms with Crippen LogP contribution in [0, 0.1) is 23.2 Å². The van der Waals surface area contributed by atoms with Gasteiger partial charge in [0.15, 0.2) is 0 Å². The predicted molar refractivity (Wildman–Crippen MR) is 79.3 cm³/mol. The molecule has 0 N–H and O–H groups in total. The highest BCUT2D eigenvalue weighted by atomic mass is 79.9. The van der Waals surface area contributed by atoms with Crippen LogP contribution in [-0.2, 0) is 6.42 Å². The molecule has 18 heavy (non-hydrogen) atoms. The lowest BCUT2D eigenvalue weighted by Crippen LogP contribution is -2.29. The zero-order chi connectivity index (χ0) is 13.5. The lowest BCUT2D eigenvalue weighted by atomic mass is 9.97. The maximum atomic E-state index is 9.09. The van der Waals surface area contributed by atoms with Crippen LogP contribution in [0.3, 0.4) is 0 Å². The van der Waals surface area contributed by atoms with E-state index in [1.807, 2.05) is 6.07 Å². The van der Waals surface area contributed by atoms with Crippen LogP contribution < -0.4 is 0 Å². The summed E-state index contributed by atoms with van der Waals surface area (Å²) in [5, 5.41) is 9.09. The Morgan fingerprint density at radius 1 is 1.33 bits per heavy atom. The summed E-state index contributed by atoms with van der Waals surface area (Å²) >= 11 is 3.56. The number of hydrogen-bond donors (Lipinski definition) is 0. The standard InChI is InChI=1S/C15H21BrN2/c1-12(2)14(10-17)11-18(3)9-8-13-6-4-5-7-15(13)16/h4-7,12,14H,8-9,11H2,1-3H3. The second-order valence-electron chi connectivity index (χ2n) is 5.08. The largest absolute Gasteiger partial charge is 0.305 e. The minimum Gasteiger partial charge on any atom is -0.305 e. The molecule has 0 amide bonds. The van der Waals surface area contributed by atoms with E-state index in [1.54, 1.807) is 0 Å². The zero-order valence-electron chi connectivity index (χ0n) is 11.4. The van der Waals surface area contributed by atoms with Crippen LogP contribution in [0.1, 0.15) is 19.4 Å². The summed E-state index contributed by atoms with van der Waals surface area (Å²) in [5.41, 5.74) is 1.32.